The minimum absolute atomic E-state index is 0.114. The average Bonchev–Trinajstić information content (AvgIpc) is 3.01. The number of carbonyl (C=O) groups is 3. The summed E-state index contributed by atoms with van der Waals surface area (Å²) in [6.45, 7) is 3.05. The number of anilines is 2. The Balaban J connectivity index is 1.80. The second-order valence-corrected chi connectivity index (χ2v) is 8.24. The molecule has 0 saturated carbocycles. The molecule has 2 N–H and O–H groups in total. The van der Waals surface area contributed by atoms with Gasteiger partial charge < -0.3 is 19.6 Å². The van der Waals surface area contributed by atoms with Gasteiger partial charge in [-0.25, -0.2) is 9.69 Å². The van der Waals surface area contributed by atoms with E-state index in [0.717, 1.165) is 12.2 Å². The van der Waals surface area contributed by atoms with Crippen LogP contribution >= 0.6 is 11.8 Å². The van der Waals surface area contributed by atoms with E-state index in [4.69, 9.17) is 19.6 Å². The van der Waals surface area contributed by atoms with Crippen molar-refractivity contribution in [1.82, 2.24) is 0 Å². The number of amides is 3. The Morgan fingerprint density at radius 1 is 1.19 bits per heavy atom. The van der Waals surface area contributed by atoms with Gasteiger partial charge in [0.1, 0.15) is 6.61 Å². The van der Waals surface area contributed by atoms with Crippen molar-refractivity contribution in [2.45, 2.75) is 31.4 Å². The fourth-order valence-electron chi connectivity index (χ4n) is 2.85. The van der Waals surface area contributed by atoms with Crippen molar-refractivity contribution in [2.24, 2.45) is 0 Å². The van der Waals surface area contributed by atoms with E-state index in [1.165, 1.54) is 16.7 Å². The molecule has 1 aromatic carbocycles. The van der Waals surface area contributed by atoms with Crippen LogP contribution in [0.4, 0.5) is 16.2 Å². The molecule has 3 amide bonds. The van der Waals surface area contributed by atoms with E-state index < -0.39 is 11.3 Å². The number of ether oxygens (including phenoxy) is 3. The predicted octanol–water partition coefficient (Wildman–Crippen LogP) is 3.08. The summed E-state index contributed by atoms with van der Waals surface area (Å²) in [4.78, 5) is 38.0. The topological polar surface area (TPSA) is 118 Å². The summed E-state index contributed by atoms with van der Waals surface area (Å²) in [6.07, 6.45) is 1.07. The molecule has 1 unspecified atom stereocenters. The van der Waals surface area contributed by atoms with E-state index in [0.29, 0.717) is 36.7 Å². The molecule has 31 heavy (non-hydrogen) atoms. The lowest BCUT2D eigenvalue weighted by Gasteiger charge is -2.15. The number of carbonyl (C=O) groups excluding carboxylic acids is 3. The van der Waals surface area contributed by atoms with Crippen LogP contribution in [0.2, 0.25) is 0 Å². The highest BCUT2D eigenvalue weighted by Crippen LogP contribution is 2.30. The van der Waals surface area contributed by atoms with Crippen LogP contribution in [0.25, 0.3) is 0 Å². The van der Waals surface area contributed by atoms with E-state index >= 15 is 0 Å². The summed E-state index contributed by atoms with van der Waals surface area (Å²) in [6, 6.07) is 6.45. The lowest BCUT2D eigenvalue weighted by molar-refractivity contribution is -0.121. The van der Waals surface area contributed by atoms with Crippen LogP contribution < -0.4 is 10.2 Å². The van der Waals surface area contributed by atoms with Gasteiger partial charge in [-0.3, -0.25) is 14.9 Å². The zero-order chi connectivity index (χ0) is 22.6. The molecule has 1 atom stereocenters. The Morgan fingerprint density at radius 2 is 1.90 bits per heavy atom. The third-order valence-electron chi connectivity index (χ3n) is 4.38. The first kappa shape index (κ1) is 24.8. The molecule has 1 aliphatic rings. The van der Waals surface area contributed by atoms with Gasteiger partial charge in [-0.1, -0.05) is 0 Å². The maximum absolute atomic E-state index is 12.7. The van der Waals surface area contributed by atoms with Crippen LogP contribution in [0.15, 0.2) is 24.3 Å². The maximum atomic E-state index is 12.7. The molecule has 9 nitrogen and oxygen atoms in total. The molecule has 0 aliphatic carbocycles. The van der Waals surface area contributed by atoms with Crippen LogP contribution in [0.1, 0.15) is 26.2 Å². The Morgan fingerprint density at radius 3 is 2.58 bits per heavy atom. The molecule has 0 radical (unpaired) electrons. The van der Waals surface area contributed by atoms with Crippen molar-refractivity contribution >= 4 is 46.8 Å². The fraction of sp³-hybridized carbons (Fsp3) is 0.524. The Bertz CT molecular complexity index is 771. The highest BCUT2D eigenvalue weighted by atomic mass is 32.2. The summed E-state index contributed by atoms with van der Waals surface area (Å²) in [5.74, 6) is 0.269. The zero-order valence-corrected chi connectivity index (χ0v) is 18.7. The van der Waals surface area contributed by atoms with Crippen LogP contribution in [0, 0.1) is 5.41 Å². The second-order valence-electron chi connectivity index (χ2n) is 6.93. The summed E-state index contributed by atoms with van der Waals surface area (Å²) in [7, 11) is 1.58. The maximum Gasteiger partial charge on any atom is 0.411 e. The monoisotopic (exact) mass is 451 g/mol. The highest BCUT2D eigenvalue weighted by molar-refractivity contribution is 8.00. The van der Waals surface area contributed by atoms with Crippen LogP contribution in [0.3, 0.4) is 0 Å². The van der Waals surface area contributed by atoms with E-state index in [9.17, 15) is 14.4 Å². The van der Waals surface area contributed by atoms with Gasteiger partial charge in [0, 0.05) is 24.9 Å². The third kappa shape index (κ3) is 8.31. The van der Waals surface area contributed by atoms with Crippen LogP contribution in [-0.4, -0.2) is 68.2 Å². The summed E-state index contributed by atoms with van der Waals surface area (Å²) < 4.78 is 15.1. The molecule has 1 aliphatic heterocycles. The molecular formula is C21H29N3O6S. The number of hydrogen-bond acceptors (Lipinski definition) is 8. The van der Waals surface area contributed by atoms with Crippen molar-refractivity contribution < 1.29 is 28.6 Å². The van der Waals surface area contributed by atoms with Crippen molar-refractivity contribution in [3.05, 3.63) is 24.3 Å². The van der Waals surface area contributed by atoms with Gasteiger partial charge in [-0.15, -0.1) is 11.8 Å². The van der Waals surface area contributed by atoms with Crippen LogP contribution in [-0.2, 0) is 23.8 Å². The zero-order valence-electron chi connectivity index (χ0n) is 17.8. The van der Waals surface area contributed by atoms with E-state index in [-0.39, 0.29) is 31.4 Å². The largest absolute Gasteiger partial charge is 0.447 e. The molecule has 1 aromatic rings. The summed E-state index contributed by atoms with van der Waals surface area (Å²) >= 11 is 1.46. The molecule has 1 fully saturated rings. The Labute approximate surface area is 186 Å². The Kier molecular flexibility index (Phi) is 10.5. The van der Waals surface area contributed by atoms with Gasteiger partial charge in [0.2, 0.25) is 11.8 Å². The number of nitrogens with zero attached hydrogens (tertiary/aromatic N) is 1. The fourth-order valence-corrected chi connectivity index (χ4v) is 3.96. The van der Waals surface area contributed by atoms with Crippen LogP contribution in [0.5, 0.6) is 0 Å². The molecule has 1 saturated heterocycles. The van der Waals surface area contributed by atoms with Crippen molar-refractivity contribution in [2.75, 3.05) is 49.5 Å². The smallest absolute Gasteiger partial charge is 0.411 e. The van der Waals surface area contributed by atoms with Crippen molar-refractivity contribution in [3.63, 3.8) is 0 Å². The van der Waals surface area contributed by atoms with Gasteiger partial charge in [-0.2, -0.15) is 0 Å². The van der Waals surface area contributed by atoms with Gasteiger partial charge in [0.05, 0.1) is 30.8 Å². The van der Waals surface area contributed by atoms with Gasteiger partial charge in [-0.05, 0) is 49.8 Å². The van der Waals surface area contributed by atoms with Gasteiger partial charge >= 0.3 is 6.09 Å². The van der Waals surface area contributed by atoms with Crippen molar-refractivity contribution in [3.8, 4) is 0 Å². The minimum atomic E-state index is -0.618. The first-order valence-electron chi connectivity index (χ1n) is 10.1. The number of methoxy groups -OCH3 is 1. The first-order valence-corrected chi connectivity index (χ1v) is 11.1. The predicted molar refractivity (Wildman–Crippen MR) is 120 cm³/mol. The van der Waals surface area contributed by atoms with E-state index in [1.807, 2.05) is 0 Å². The molecule has 0 spiro atoms. The lowest BCUT2D eigenvalue weighted by atomic mass is 10.2. The number of nitrogens with one attached hydrogen (secondary N) is 2. The first-order chi connectivity index (χ1) is 14.9. The highest BCUT2D eigenvalue weighted by Gasteiger charge is 2.39. The minimum Gasteiger partial charge on any atom is -0.447 e. The number of rotatable bonds is 13. The average molecular weight is 452 g/mol. The number of imide groups is 1. The standard InChI is InChI=1S/C21H29N3O6S/c1-15(22)4-3-13-31-18-14-19(25)24(20(18)26)17-7-5-16(6-8-17)23-21(27)30-12-11-29-10-9-28-2/h5-8,18,22H,3-4,9-14H2,1-2H3,(H,23,27). The number of hydrogen-bond donors (Lipinski definition) is 2. The van der Waals surface area contributed by atoms with Gasteiger partial charge in [0.25, 0.3) is 0 Å². The van der Waals surface area contributed by atoms with Gasteiger partial charge in [0.15, 0.2) is 0 Å². The molecule has 10 heteroatoms. The lowest BCUT2D eigenvalue weighted by Crippen LogP contribution is -2.31. The molecular weight excluding hydrogens is 422 g/mol. The molecule has 0 aromatic heterocycles. The normalized spacial score (nSPS) is 15.9. The van der Waals surface area contributed by atoms with E-state index in [1.54, 1.807) is 38.3 Å². The SMILES string of the molecule is COCCOCCOC(=O)Nc1ccc(N2C(=O)CC(SCCCC(C)=N)C2=O)cc1. The second kappa shape index (κ2) is 13.1. The molecule has 170 valence electrons. The van der Waals surface area contributed by atoms with Crippen molar-refractivity contribution in [1.29, 1.82) is 5.41 Å². The molecule has 2 rings (SSSR count). The molecule has 0 bridgehead atoms. The summed E-state index contributed by atoms with van der Waals surface area (Å²) in [5, 5.41) is 9.63. The quantitative estimate of drug-likeness (QED) is 0.269. The Hall–Kier alpha value is -2.43. The van der Waals surface area contributed by atoms with E-state index in [2.05, 4.69) is 5.32 Å². The number of thioether (sulfide) groups is 1. The molecule has 1 heterocycles. The number of benzene rings is 1. The summed E-state index contributed by atoms with van der Waals surface area (Å²) in [5.41, 5.74) is 1.57. The third-order valence-corrected chi connectivity index (χ3v) is 5.68.